The van der Waals surface area contributed by atoms with E-state index in [1.807, 2.05) is 90.7 Å². The lowest BCUT2D eigenvalue weighted by molar-refractivity contribution is 0.0720. The van der Waals surface area contributed by atoms with Gasteiger partial charge in [-0.15, -0.1) is 0 Å². The molecular formula is C27H29N3O2. The maximum Gasteiger partial charge on any atom is 0.256 e. The smallest absolute Gasteiger partial charge is 0.256 e. The zero-order chi connectivity index (χ0) is 22.7. The highest BCUT2D eigenvalue weighted by Gasteiger charge is 2.36. The van der Waals surface area contributed by atoms with Crippen molar-refractivity contribution in [3.05, 3.63) is 101 Å². The fourth-order valence-corrected chi connectivity index (χ4v) is 4.09. The summed E-state index contributed by atoms with van der Waals surface area (Å²) in [6.07, 6.45) is -0.223. The molecule has 1 aliphatic rings. The van der Waals surface area contributed by atoms with Gasteiger partial charge < -0.3 is 15.5 Å². The van der Waals surface area contributed by atoms with Gasteiger partial charge in [0.25, 0.3) is 11.8 Å². The van der Waals surface area contributed by atoms with Crippen LogP contribution in [0.15, 0.2) is 78.9 Å². The summed E-state index contributed by atoms with van der Waals surface area (Å²) in [6, 6.07) is 25.0. The first-order valence-corrected chi connectivity index (χ1v) is 11.1. The minimum atomic E-state index is -0.223. The number of fused-ring (bicyclic) bond motifs is 1. The van der Waals surface area contributed by atoms with Crippen LogP contribution in [0, 0.1) is 5.92 Å². The van der Waals surface area contributed by atoms with Crippen molar-refractivity contribution in [1.82, 2.24) is 10.2 Å². The Morgan fingerprint density at radius 1 is 0.906 bits per heavy atom. The topological polar surface area (TPSA) is 61.4 Å². The Balaban J connectivity index is 1.48. The third-order valence-electron chi connectivity index (χ3n) is 5.72. The van der Waals surface area contributed by atoms with Crippen molar-refractivity contribution in [2.75, 3.05) is 11.9 Å². The second-order valence-electron chi connectivity index (χ2n) is 8.67. The Kier molecular flexibility index (Phi) is 6.26. The van der Waals surface area contributed by atoms with Crippen molar-refractivity contribution in [3.63, 3.8) is 0 Å². The molecule has 2 atom stereocenters. The van der Waals surface area contributed by atoms with Crippen LogP contribution >= 0.6 is 0 Å². The molecule has 1 aliphatic heterocycles. The van der Waals surface area contributed by atoms with Crippen LogP contribution in [-0.4, -0.2) is 23.3 Å². The number of hydrogen-bond donors (Lipinski definition) is 2. The number of nitrogens with zero attached hydrogens (tertiary/aromatic N) is 1. The van der Waals surface area contributed by atoms with Crippen LogP contribution in [0.3, 0.4) is 0 Å². The van der Waals surface area contributed by atoms with Gasteiger partial charge in [0.2, 0.25) is 0 Å². The van der Waals surface area contributed by atoms with Crippen molar-refractivity contribution in [2.24, 2.45) is 5.92 Å². The van der Waals surface area contributed by atoms with E-state index in [1.54, 1.807) is 0 Å². The molecule has 1 heterocycles. The number of carbonyl (C=O) groups is 2. The molecule has 164 valence electrons. The molecule has 0 bridgehead atoms. The summed E-state index contributed by atoms with van der Waals surface area (Å²) < 4.78 is 0. The molecule has 32 heavy (non-hydrogen) atoms. The highest BCUT2D eigenvalue weighted by Crippen LogP contribution is 2.34. The first kappa shape index (κ1) is 21.6. The van der Waals surface area contributed by atoms with Crippen molar-refractivity contribution in [3.8, 4) is 0 Å². The van der Waals surface area contributed by atoms with Gasteiger partial charge in [-0.2, -0.15) is 0 Å². The van der Waals surface area contributed by atoms with E-state index in [4.69, 9.17) is 0 Å². The number of hydrogen-bond acceptors (Lipinski definition) is 3. The largest absolute Gasteiger partial charge is 0.361 e. The van der Waals surface area contributed by atoms with Gasteiger partial charge in [-0.05, 0) is 48.7 Å². The van der Waals surface area contributed by atoms with Crippen molar-refractivity contribution in [2.45, 2.75) is 33.0 Å². The monoisotopic (exact) mass is 427 g/mol. The number of nitrogens with one attached hydrogen (secondary N) is 2. The molecule has 0 spiro atoms. The van der Waals surface area contributed by atoms with Crippen LogP contribution in [0.5, 0.6) is 0 Å². The van der Waals surface area contributed by atoms with E-state index in [9.17, 15) is 9.59 Å². The molecule has 2 N–H and O–H groups in total. The molecule has 0 aliphatic carbocycles. The number of benzene rings is 3. The molecule has 0 fully saturated rings. The van der Waals surface area contributed by atoms with Crippen LogP contribution in [0.1, 0.15) is 64.8 Å². The molecule has 5 heteroatoms. The molecule has 0 aromatic heterocycles. The molecule has 0 radical (unpaired) electrons. The highest BCUT2D eigenvalue weighted by atomic mass is 16.2. The normalized spacial score (nSPS) is 16.1. The van der Waals surface area contributed by atoms with Crippen LogP contribution in [0.2, 0.25) is 0 Å². The average molecular weight is 428 g/mol. The number of amides is 2. The summed E-state index contributed by atoms with van der Waals surface area (Å²) in [5.41, 5.74) is 4.25. The first-order valence-electron chi connectivity index (χ1n) is 11.1. The minimum absolute atomic E-state index is 0.0534. The molecule has 0 saturated heterocycles. The van der Waals surface area contributed by atoms with E-state index >= 15 is 0 Å². The van der Waals surface area contributed by atoms with E-state index in [0.717, 1.165) is 22.4 Å². The predicted octanol–water partition coefficient (Wildman–Crippen LogP) is 5.40. The lowest BCUT2D eigenvalue weighted by Crippen LogP contribution is -2.35. The number of anilines is 1. The zero-order valence-corrected chi connectivity index (χ0v) is 18.7. The van der Waals surface area contributed by atoms with Gasteiger partial charge in [-0.25, -0.2) is 0 Å². The van der Waals surface area contributed by atoms with Crippen LogP contribution < -0.4 is 10.6 Å². The van der Waals surface area contributed by atoms with E-state index in [2.05, 4.69) is 24.5 Å². The van der Waals surface area contributed by atoms with Crippen molar-refractivity contribution < 1.29 is 9.59 Å². The maximum atomic E-state index is 12.9. The fourth-order valence-electron chi connectivity index (χ4n) is 4.09. The minimum Gasteiger partial charge on any atom is -0.361 e. The van der Waals surface area contributed by atoms with Crippen LogP contribution in [0.25, 0.3) is 0 Å². The third kappa shape index (κ3) is 4.52. The molecule has 2 amide bonds. The maximum absolute atomic E-state index is 12.9. The van der Waals surface area contributed by atoms with Crippen molar-refractivity contribution >= 4 is 17.5 Å². The van der Waals surface area contributed by atoms with Crippen LogP contribution in [-0.2, 0) is 0 Å². The second-order valence-corrected chi connectivity index (χ2v) is 8.67. The number of carbonyl (C=O) groups excluding carboxylic acids is 2. The summed E-state index contributed by atoms with van der Waals surface area (Å²) in [5, 5.41) is 6.53. The molecule has 0 unspecified atom stereocenters. The lowest BCUT2D eigenvalue weighted by atomic mass is 10.1. The molecule has 0 saturated carbocycles. The van der Waals surface area contributed by atoms with Crippen molar-refractivity contribution in [1.29, 1.82) is 0 Å². The Bertz CT molecular complexity index is 1090. The molecular weight excluding hydrogens is 398 g/mol. The molecule has 3 aromatic rings. The first-order chi connectivity index (χ1) is 15.4. The lowest BCUT2D eigenvalue weighted by Gasteiger charge is -2.28. The summed E-state index contributed by atoms with van der Waals surface area (Å²) in [4.78, 5) is 27.5. The SMILES string of the molecule is CC(C)CN1C(=O)c2ccccc2[C@H]1Nc1ccc(C(=O)N[C@H](C)c2ccccc2)cc1. The third-order valence-corrected chi connectivity index (χ3v) is 5.72. The number of rotatable bonds is 7. The van der Waals surface area contributed by atoms with E-state index in [1.165, 1.54) is 0 Å². The van der Waals surface area contributed by atoms with Gasteiger partial charge in [-0.1, -0.05) is 62.4 Å². The van der Waals surface area contributed by atoms with Gasteiger partial charge in [0.1, 0.15) is 6.17 Å². The summed E-state index contributed by atoms with van der Waals surface area (Å²) >= 11 is 0. The van der Waals surface area contributed by atoms with Gasteiger partial charge >= 0.3 is 0 Å². The van der Waals surface area contributed by atoms with Gasteiger partial charge in [-0.3, -0.25) is 9.59 Å². The fraction of sp³-hybridized carbons (Fsp3) is 0.259. The second kappa shape index (κ2) is 9.27. The Morgan fingerprint density at radius 2 is 1.56 bits per heavy atom. The van der Waals surface area contributed by atoms with E-state index < -0.39 is 0 Å². The van der Waals surface area contributed by atoms with Gasteiger partial charge in [0, 0.05) is 28.9 Å². The zero-order valence-electron chi connectivity index (χ0n) is 18.7. The van der Waals surface area contributed by atoms with Gasteiger partial charge in [0.15, 0.2) is 0 Å². The summed E-state index contributed by atoms with van der Waals surface area (Å²) in [7, 11) is 0. The van der Waals surface area contributed by atoms with E-state index in [-0.39, 0.29) is 24.0 Å². The Hall–Kier alpha value is -3.60. The molecule has 4 rings (SSSR count). The molecule has 5 nitrogen and oxygen atoms in total. The Labute approximate surface area is 189 Å². The standard InChI is InChI=1S/C27H29N3O2/c1-18(2)17-30-25(23-11-7-8-12-24(23)27(30)32)29-22-15-13-21(14-16-22)26(31)28-19(3)20-9-5-4-6-10-20/h4-16,18-19,25,29H,17H2,1-3H3,(H,28,31)/t19-,25+/m1/s1. The summed E-state index contributed by atoms with van der Waals surface area (Å²) in [5.74, 6) is 0.295. The van der Waals surface area contributed by atoms with Gasteiger partial charge in [0.05, 0.1) is 6.04 Å². The molecule has 3 aromatic carbocycles. The summed E-state index contributed by atoms with van der Waals surface area (Å²) in [6.45, 7) is 6.86. The average Bonchev–Trinajstić information content (AvgIpc) is 3.05. The van der Waals surface area contributed by atoms with Crippen LogP contribution in [0.4, 0.5) is 5.69 Å². The highest BCUT2D eigenvalue weighted by molar-refractivity contribution is 5.99. The Morgan fingerprint density at radius 3 is 2.25 bits per heavy atom. The van der Waals surface area contributed by atoms with E-state index in [0.29, 0.717) is 18.0 Å². The predicted molar refractivity (Wildman–Crippen MR) is 127 cm³/mol. The quantitative estimate of drug-likeness (QED) is 0.531.